The van der Waals surface area contributed by atoms with Crippen LogP contribution < -0.4 is 5.32 Å². The molecular weight excluding hydrogens is 348 g/mol. The number of carbonyl (C=O) groups is 2. The lowest BCUT2D eigenvalue weighted by Gasteiger charge is -2.09. The summed E-state index contributed by atoms with van der Waals surface area (Å²) in [5, 5.41) is 2.83. The van der Waals surface area contributed by atoms with E-state index in [0.717, 1.165) is 12.0 Å². The monoisotopic (exact) mass is 362 g/mol. The van der Waals surface area contributed by atoms with Gasteiger partial charge in [0.2, 0.25) is 0 Å². The van der Waals surface area contributed by atoms with E-state index in [-0.39, 0.29) is 17.5 Å². The molecule has 0 bridgehead atoms. The average Bonchev–Trinajstić information content (AvgIpc) is 2.81. The first-order valence-corrected chi connectivity index (χ1v) is 7.85. The van der Waals surface area contributed by atoms with E-state index in [1.54, 1.807) is 19.3 Å². The molecule has 1 aliphatic carbocycles. The number of hydrogen-bond acceptors (Lipinski definition) is 4. The van der Waals surface area contributed by atoms with Crippen molar-refractivity contribution in [3.05, 3.63) is 45.1 Å². The van der Waals surface area contributed by atoms with Gasteiger partial charge in [-0.1, -0.05) is 0 Å². The molecule has 0 aromatic carbocycles. The highest BCUT2D eigenvalue weighted by atomic mass is 79.9. The van der Waals surface area contributed by atoms with Crippen molar-refractivity contribution in [2.45, 2.75) is 33.1 Å². The van der Waals surface area contributed by atoms with Gasteiger partial charge >= 0.3 is 0 Å². The molecule has 0 fully saturated rings. The number of nitrogens with one attached hydrogen (secondary N) is 1. The molecule has 2 aromatic heterocycles. The van der Waals surface area contributed by atoms with Gasteiger partial charge in [-0.05, 0) is 41.8 Å². The highest BCUT2D eigenvalue weighted by Crippen LogP contribution is 2.31. The van der Waals surface area contributed by atoms with E-state index in [2.05, 4.69) is 26.2 Å². The maximum atomic E-state index is 12.5. The molecule has 1 aliphatic rings. The minimum absolute atomic E-state index is 0.0582. The predicted octanol–water partition coefficient (Wildman–Crippen LogP) is 3.83. The number of rotatable bonds is 2. The smallest absolute Gasteiger partial charge is 0.291 e. The molecule has 2 aromatic rings. The number of aromatic nitrogens is 1. The fourth-order valence-electron chi connectivity index (χ4n) is 2.73. The van der Waals surface area contributed by atoms with E-state index in [1.165, 1.54) is 0 Å². The Bertz CT molecular complexity index is 760. The van der Waals surface area contributed by atoms with Crippen molar-refractivity contribution < 1.29 is 14.0 Å². The summed E-state index contributed by atoms with van der Waals surface area (Å²) in [6.07, 6.45) is 5.28. The Morgan fingerprint density at radius 1 is 1.32 bits per heavy atom. The van der Waals surface area contributed by atoms with Crippen LogP contribution >= 0.6 is 15.9 Å². The fourth-order valence-corrected chi connectivity index (χ4v) is 3.26. The number of aryl methyl sites for hydroxylation is 2. The van der Waals surface area contributed by atoms with Gasteiger partial charge in [0.15, 0.2) is 11.5 Å². The van der Waals surface area contributed by atoms with E-state index >= 15 is 0 Å². The van der Waals surface area contributed by atoms with Gasteiger partial charge in [0.05, 0.1) is 15.7 Å². The lowest BCUT2D eigenvalue weighted by Crippen LogP contribution is -2.14. The fraction of sp³-hybridized carbons (Fsp3) is 0.312. The maximum absolute atomic E-state index is 12.5. The van der Waals surface area contributed by atoms with Crippen molar-refractivity contribution in [1.82, 2.24) is 4.98 Å². The summed E-state index contributed by atoms with van der Waals surface area (Å²) in [6.45, 7) is 3.62. The van der Waals surface area contributed by atoms with Crippen molar-refractivity contribution in [1.29, 1.82) is 0 Å². The number of halogens is 1. The van der Waals surface area contributed by atoms with E-state index in [1.807, 2.05) is 6.92 Å². The summed E-state index contributed by atoms with van der Waals surface area (Å²) in [4.78, 5) is 28.5. The SMILES string of the molecule is Cc1cncc(Br)c1NC(=O)c1oc2c(c1C)C(=O)CCC2. The zero-order chi connectivity index (χ0) is 15.9. The van der Waals surface area contributed by atoms with Crippen LogP contribution in [0.25, 0.3) is 0 Å². The Morgan fingerprint density at radius 3 is 2.77 bits per heavy atom. The zero-order valence-electron chi connectivity index (χ0n) is 12.3. The van der Waals surface area contributed by atoms with Crippen LogP contribution in [0.3, 0.4) is 0 Å². The number of ketones is 1. The van der Waals surface area contributed by atoms with Gasteiger partial charge in [0.1, 0.15) is 5.76 Å². The molecule has 1 amide bonds. The molecule has 0 aliphatic heterocycles. The van der Waals surface area contributed by atoms with Crippen LogP contribution in [-0.2, 0) is 6.42 Å². The average molecular weight is 363 g/mol. The second-order valence-electron chi connectivity index (χ2n) is 5.40. The third kappa shape index (κ3) is 2.47. The number of fused-ring (bicyclic) bond motifs is 1. The van der Waals surface area contributed by atoms with Crippen LogP contribution in [0.1, 0.15) is 50.6 Å². The molecule has 6 heteroatoms. The summed E-state index contributed by atoms with van der Waals surface area (Å²) in [5.74, 6) is 0.547. The highest BCUT2D eigenvalue weighted by molar-refractivity contribution is 9.10. The Hall–Kier alpha value is -1.95. The van der Waals surface area contributed by atoms with Crippen LogP contribution in [-0.4, -0.2) is 16.7 Å². The highest BCUT2D eigenvalue weighted by Gasteiger charge is 2.29. The van der Waals surface area contributed by atoms with Crippen molar-refractivity contribution >= 4 is 33.3 Å². The molecule has 22 heavy (non-hydrogen) atoms. The Morgan fingerprint density at radius 2 is 2.09 bits per heavy atom. The summed E-state index contributed by atoms with van der Waals surface area (Å²) < 4.78 is 6.36. The van der Waals surface area contributed by atoms with Crippen molar-refractivity contribution in [3.63, 3.8) is 0 Å². The molecule has 0 saturated carbocycles. The second kappa shape index (κ2) is 5.68. The zero-order valence-corrected chi connectivity index (χ0v) is 13.9. The molecular formula is C16H15BrN2O3. The van der Waals surface area contributed by atoms with Crippen LogP contribution in [0.15, 0.2) is 21.3 Å². The van der Waals surface area contributed by atoms with Crippen LogP contribution in [0, 0.1) is 13.8 Å². The molecule has 0 radical (unpaired) electrons. The second-order valence-corrected chi connectivity index (χ2v) is 6.25. The van der Waals surface area contributed by atoms with Crippen LogP contribution in [0.4, 0.5) is 5.69 Å². The van der Waals surface area contributed by atoms with Crippen molar-refractivity contribution in [2.75, 3.05) is 5.32 Å². The van der Waals surface area contributed by atoms with E-state index in [4.69, 9.17) is 4.42 Å². The van der Waals surface area contributed by atoms with E-state index < -0.39 is 0 Å². The number of Topliss-reactive ketones (excluding diaryl/α,β-unsaturated/α-hetero) is 1. The van der Waals surface area contributed by atoms with E-state index in [9.17, 15) is 9.59 Å². The molecule has 2 heterocycles. The van der Waals surface area contributed by atoms with Gasteiger partial charge in [-0.2, -0.15) is 0 Å². The summed E-state index contributed by atoms with van der Waals surface area (Å²) in [6, 6.07) is 0. The minimum atomic E-state index is -0.352. The minimum Gasteiger partial charge on any atom is -0.455 e. The Kier molecular flexibility index (Phi) is 3.87. The molecule has 0 saturated heterocycles. The van der Waals surface area contributed by atoms with Gasteiger partial charge in [0.25, 0.3) is 5.91 Å². The first-order chi connectivity index (χ1) is 10.5. The predicted molar refractivity (Wildman–Crippen MR) is 85.3 cm³/mol. The van der Waals surface area contributed by atoms with Gasteiger partial charge in [-0.25, -0.2) is 0 Å². The number of carbonyl (C=O) groups excluding carboxylic acids is 2. The summed E-state index contributed by atoms with van der Waals surface area (Å²) in [7, 11) is 0. The topological polar surface area (TPSA) is 72.2 Å². The third-order valence-electron chi connectivity index (χ3n) is 3.84. The summed E-state index contributed by atoms with van der Waals surface area (Å²) >= 11 is 3.37. The van der Waals surface area contributed by atoms with Gasteiger partial charge in [0, 0.05) is 30.8 Å². The lowest BCUT2D eigenvalue weighted by atomic mass is 9.94. The number of pyridine rings is 1. The number of anilines is 1. The van der Waals surface area contributed by atoms with Crippen LogP contribution in [0.2, 0.25) is 0 Å². The molecule has 3 rings (SSSR count). The first kappa shape index (κ1) is 15.0. The largest absolute Gasteiger partial charge is 0.455 e. The lowest BCUT2D eigenvalue weighted by molar-refractivity contribution is 0.0963. The Labute approximate surface area is 136 Å². The van der Waals surface area contributed by atoms with Gasteiger partial charge in [-0.15, -0.1) is 0 Å². The molecule has 114 valence electrons. The normalized spacial score (nSPS) is 13.9. The molecule has 0 unspecified atom stereocenters. The maximum Gasteiger partial charge on any atom is 0.291 e. The van der Waals surface area contributed by atoms with Crippen molar-refractivity contribution in [3.8, 4) is 0 Å². The van der Waals surface area contributed by atoms with Crippen LogP contribution in [0.5, 0.6) is 0 Å². The molecule has 1 N–H and O–H groups in total. The molecule has 0 spiro atoms. The van der Waals surface area contributed by atoms with Crippen molar-refractivity contribution in [2.24, 2.45) is 0 Å². The summed E-state index contributed by atoms with van der Waals surface area (Å²) in [5.41, 5.74) is 2.70. The number of amides is 1. The van der Waals surface area contributed by atoms with Gasteiger partial charge in [-0.3, -0.25) is 14.6 Å². The number of hydrogen-bond donors (Lipinski definition) is 1. The quantitative estimate of drug-likeness (QED) is 0.880. The van der Waals surface area contributed by atoms with Gasteiger partial charge < -0.3 is 9.73 Å². The van der Waals surface area contributed by atoms with E-state index in [0.29, 0.717) is 39.9 Å². The molecule has 5 nitrogen and oxygen atoms in total. The number of furan rings is 1. The molecule has 0 atom stereocenters. The third-order valence-corrected chi connectivity index (χ3v) is 4.44. The first-order valence-electron chi connectivity index (χ1n) is 7.06. The Balaban J connectivity index is 1.95. The standard InChI is InChI=1S/C16H15BrN2O3/c1-8-6-18-7-10(17)14(8)19-16(21)15-9(2)13-11(20)4-3-5-12(13)22-15/h6-7H,3-5H2,1-2H3,(H,18,19,21). The number of nitrogens with zero attached hydrogens (tertiary/aromatic N) is 1.